The zero-order valence-electron chi connectivity index (χ0n) is 17.2. The molecule has 2 rings (SSSR count). The van der Waals surface area contributed by atoms with E-state index in [-0.39, 0.29) is 35.6 Å². The number of nitrogens with one attached hydrogen (secondary N) is 2. The van der Waals surface area contributed by atoms with Crippen LogP contribution in [0, 0.1) is 19.7 Å². The van der Waals surface area contributed by atoms with Crippen LogP contribution in [0.5, 0.6) is 0 Å². The molecule has 0 fully saturated rings. The van der Waals surface area contributed by atoms with Crippen molar-refractivity contribution in [2.45, 2.75) is 31.2 Å². The lowest BCUT2D eigenvalue weighted by Crippen LogP contribution is -2.36. The number of halogens is 1. The maximum atomic E-state index is 13.5. The van der Waals surface area contributed by atoms with Gasteiger partial charge in [-0.1, -0.05) is 24.3 Å². The molecule has 1 amide bonds. The van der Waals surface area contributed by atoms with Crippen molar-refractivity contribution in [1.82, 2.24) is 14.9 Å². The number of benzene rings is 2. The summed E-state index contributed by atoms with van der Waals surface area (Å²) in [7, 11) is 0.0130. The molecule has 2 aromatic rings. The van der Waals surface area contributed by atoms with Crippen molar-refractivity contribution < 1.29 is 17.6 Å². The van der Waals surface area contributed by atoms with E-state index in [1.54, 1.807) is 31.2 Å². The molecule has 0 heterocycles. The van der Waals surface area contributed by atoms with Gasteiger partial charge in [0.15, 0.2) is 0 Å². The number of carbonyl (C=O) groups excluding carboxylic acids is 1. The second-order valence-electron chi connectivity index (χ2n) is 7.26. The third kappa shape index (κ3) is 6.62. The third-order valence-electron chi connectivity index (χ3n) is 4.63. The minimum atomic E-state index is -3.68. The molecule has 29 heavy (non-hydrogen) atoms. The molecule has 8 heteroatoms. The van der Waals surface area contributed by atoms with E-state index in [4.69, 9.17) is 0 Å². The molecule has 2 aromatic carbocycles. The summed E-state index contributed by atoms with van der Waals surface area (Å²) in [5.41, 5.74) is 2.25. The molecule has 0 bridgehead atoms. The molecule has 6 nitrogen and oxygen atoms in total. The van der Waals surface area contributed by atoms with E-state index >= 15 is 0 Å². The molecule has 158 valence electrons. The summed E-state index contributed by atoms with van der Waals surface area (Å²) in [5, 5.41) is 2.79. The summed E-state index contributed by atoms with van der Waals surface area (Å²) in [6, 6.07) is 11.3. The van der Waals surface area contributed by atoms with Crippen LogP contribution in [0.1, 0.15) is 29.2 Å². The summed E-state index contributed by atoms with van der Waals surface area (Å²) in [6.07, 6.45) is 0.00733. The highest BCUT2D eigenvalue weighted by Gasteiger charge is 2.18. The van der Waals surface area contributed by atoms with Crippen LogP contribution in [-0.4, -0.2) is 46.4 Å². The fraction of sp³-hybridized carbons (Fsp3) is 0.381. The average molecular weight is 422 g/mol. The molecule has 0 aliphatic carbocycles. The fourth-order valence-corrected chi connectivity index (χ4v) is 4.34. The Morgan fingerprint density at radius 1 is 1.14 bits per heavy atom. The van der Waals surface area contributed by atoms with E-state index in [0.29, 0.717) is 12.1 Å². The lowest BCUT2D eigenvalue weighted by atomic mass is 10.1. The van der Waals surface area contributed by atoms with E-state index in [9.17, 15) is 17.6 Å². The molecule has 1 unspecified atom stereocenters. The van der Waals surface area contributed by atoms with Crippen molar-refractivity contribution in [1.29, 1.82) is 0 Å². The molecule has 0 radical (unpaired) electrons. The van der Waals surface area contributed by atoms with E-state index < -0.39 is 10.0 Å². The lowest BCUT2D eigenvalue weighted by molar-refractivity contribution is -0.121. The molecular weight excluding hydrogens is 393 g/mol. The van der Waals surface area contributed by atoms with Gasteiger partial charge in [0.2, 0.25) is 15.9 Å². The van der Waals surface area contributed by atoms with Crippen LogP contribution in [0.2, 0.25) is 0 Å². The highest BCUT2D eigenvalue weighted by Crippen LogP contribution is 2.18. The van der Waals surface area contributed by atoms with Crippen molar-refractivity contribution in [3.8, 4) is 0 Å². The number of rotatable bonds is 9. The molecule has 0 aliphatic rings. The summed E-state index contributed by atoms with van der Waals surface area (Å²) in [5.74, 6) is -0.613. The Hall–Kier alpha value is -2.29. The smallest absolute Gasteiger partial charge is 0.240 e. The molecule has 0 aromatic heterocycles. The van der Waals surface area contributed by atoms with Gasteiger partial charge in [-0.3, -0.25) is 4.79 Å². The zero-order valence-corrected chi connectivity index (χ0v) is 18.0. The van der Waals surface area contributed by atoms with Crippen LogP contribution in [-0.2, 0) is 14.8 Å². The molecule has 0 spiro atoms. The first-order valence-electron chi connectivity index (χ1n) is 9.35. The van der Waals surface area contributed by atoms with Crippen LogP contribution >= 0.6 is 0 Å². The minimum absolute atomic E-state index is 0.00581. The fourth-order valence-electron chi connectivity index (χ4n) is 2.98. The second kappa shape index (κ2) is 9.96. The molecule has 0 saturated heterocycles. The summed E-state index contributed by atoms with van der Waals surface area (Å²) < 4.78 is 40.9. The largest absolute Gasteiger partial charge is 0.354 e. The highest BCUT2D eigenvalue weighted by atomic mass is 32.2. The van der Waals surface area contributed by atoms with Crippen molar-refractivity contribution in [3.05, 3.63) is 65.0 Å². The zero-order chi connectivity index (χ0) is 21.6. The number of sulfonamides is 1. The molecule has 2 N–H and O–H groups in total. The minimum Gasteiger partial charge on any atom is -0.354 e. The number of aryl methyl sites for hydroxylation is 2. The predicted octanol–water partition coefficient (Wildman–Crippen LogP) is 2.53. The number of amides is 1. The molecule has 1 atom stereocenters. The summed E-state index contributed by atoms with van der Waals surface area (Å²) >= 11 is 0. The van der Waals surface area contributed by atoms with Gasteiger partial charge in [0.05, 0.1) is 10.9 Å². The van der Waals surface area contributed by atoms with Gasteiger partial charge in [0.25, 0.3) is 0 Å². The van der Waals surface area contributed by atoms with Crippen molar-refractivity contribution in [2.24, 2.45) is 0 Å². The third-order valence-corrected chi connectivity index (χ3v) is 6.23. The summed E-state index contributed by atoms with van der Waals surface area (Å²) in [6.45, 7) is 3.84. The number of nitrogens with zero attached hydrogens (tertiary/aromatic N) is 1. The van der Waals surface area contributed by atoms with Gasteiger partial charge in [0, 0.05) is 19.5 Å². The van der Waals surface area contributed by atoms with E-state index in [0.717, 1.165) is 11.1 Å². The Balaban J connectivity index is 1.90. The standard InChI is InChI=1S/C21H28FN3O3S/c1-15-8-9-16(2)20(12-15)29(27,28)24-11-10-21(26)23-14-19(25(3)4)17-6-5-7-18(22)13-17/h5-9,12-13,19,24H,10-11,14H2,1-4H3,(H,23,26). The molecular formula is C21H28FN3O3S. The SMILES string of the molecule is Cc1ccc(C)c(S(=O)(=O)NCCC(=O)NCC(c2cccc(F)c2)N(C)C)c1. The Bertz CT molecular complexity index is 961. The monoisotopic (exact) mass is 421 g/mol. The van der Waals surface area contributed by atoms with Crippen molar-refractivity contribution in [3.63, 3.8) is 0 Å². The highest BCUT2D eigenvalue weighted by molar-refractivity contribution is 7.89. The van der Waals surface area contributed by atoms with E-state index in [2.05, 4.69) is 10.0 Å². The Morgan fingerprint density at radius 2 is 1.86 bits per heavy atom. The van der Waals surface area contributed by atoms with Crippen LogP contribution in [0.3, 0.4) is 0 Å². The van der Waals surface area contributed by atoms with Crippen LogP contribution in [0.4, 0.5) is 4.39 Å². The van der Waals surface area contributed by atoms with E-state index in [1.807, 2.05) is 32.0 Å². The topological polar surface area (TPSA) is 78.5 Å². The molecule has 0 aliphatic heterocycles. The van der Waals surface area contributed by atoms with Gasteiger partial charge >= 0.3 is 0 Å². The first kappa shape index (κ1) is 23.0. The predicted molar refractivity (Wildman–Crippen MR) is 112 cm³/mol. The maximum absolute atomic E-state index is 13.5. The number of likely N-dealkylation sites (N-methyl/N-ethyl adjacent to an activating group) is 1. The van der Waals surface area contributed by atoms with Gasteiger partial charge in [0.1, 0.15) is 5.82 Å². The Morgan fingerprint density at radius 3 is 2.52 bits per heavy atom. The maximum Gasteiger partial charge on any atom is 0.240 e. The first-order valence-corrected chi connectivity index (χ1v) is 10.8. The number of carbonyl (C=O) groups is 1. The number of hydrogen-bond donors (Lipinski definition) is 2. The molecule has 0 saturated carbocycles. The van der Waals surface area contributed by atoms with Gasteiger partial charge in [-0.2, -0.15) is 0 Å². The van der Waals surface area contributed by atoms with Gasteiger partial charge < -0.3 is 10.2 Å². The van der Waals surface area contributed by atoms with Gasteiger partial charge in [-0.05, 0) is 62.8 Å². The van der Waals surface area contributed by atoms with Crippen LogP contribution in [0.15, 0.2) is 47.4 Å². The normalized spacial score (nSPS) is 12.8. The van der Waals surface area contributed by atoms with Crippen molar-refractivity contribution in [2.75, 3.05) is 27.2 Å². The quantitative estimate of drug-likeness (QED) is 0.652. The van der Waals surface area contributed by atoms with Gasteiger partial charge in [-0.15, -0.1) is 0 Å². The Kier molecular flexibility index (Phi) is 7.89. The number of hydrogen-bond acceptors (Lipinski definition) is 4. The van der Waals surface area contributed by atoms with Gasteiger partial charge in [-0.25, -0.2) is 17.5 Å². The first-order chi connectivity index (χ1) is 13.6. The van der Waals surface area contributed by atoms with Crippen LogP contribution in [0.25, 0.3) is 0 Å². The van der Waals surface area contributed by atoms with Crippen molar-refractivity contribution >= 4 is 15.9 Å². The average Bonchev–Trinajstić information content (AvgIpc) is 2.63. The Labute approximate surface area is 172 Å². The van der Waals surface area contributed by atoms with Crippen LogP contribution < -0.4 is 10.0 Å². The van der Waals surface area contributed by atoms with E-state index in [1.165, 1.54) is 12.1 Å². The lowest BCUT2D eigenvalue weighted by Gasteiger charge is -2.25. The summed E-state index contributed by atoms with van der Waals surface area (Å²) in [4.78, 5) is 14.3. The second-order valence-corrected chi connectivity index (χ2v) is 8.99.